The number of nitrogens with zero attached hydrogens (tertiary/aromatic N) is 1. The Bertz CT molecular complexity index is 887. The molecule has 2 aromatic rings. The summed E-state index contributed by atoms with van der Waals surface area (Å²) in [6, 6.07) is 20.1. The largest absolute Gasteiger partial charge is 0.373 e. The zero-order chi connectivity index (χ0) is 21.3. The average molecular weight is 419 g/mol. The van der Waals surface area contributed by atoms with Crippen LogP contribution in [0, 0.1) is 0 Å². The van der Waals surface area contributed by atoms with Crippen LogP contribution in [0.1, 0.15) is 60.0 Å². The van der Waals surface area contributed by atoms with Crippen LogP contribution >= 0.6 is 0 Å². The molecule has 0 radical (unpaired) electrons. The molecule has 2 saturated heterocycles. The smallest absolute Gasteiger partial charge is 0.159 e. The second kappa shape index (κ2) is 8.85. The quantitative estimate of drug-likeness (QED) is 0.685. The topological polar surface area (TPSA) is 41.6 Å². The zero-order valence-electron chi connectivity index (χ0n) is 18.6. The van der Waals surface area contributed by atoms with Crippen LogP contribution in [0.15, 0.2) is 54.6 Å². The number of hydrogen-bond acceptors (Lipinski definition) is 4. The van der Waals surface area contributed by atoms with E-state index >= 15 is 0 Å². The first-order chi connectivity index (χ1) is 15.1. The average Bonchev–Trinajstić information content (AvgIpc) is 3.46. The van der Waals surface area contributed by atoms with Crippen molar-refractivity contribution in [1.29, 1.82) is 0 Å². The van der Waals surface area contributed by atoms with E-state index in [4.69, 9.17) is 4.74 Å². The predicted octanol–water partition coefficient (Wildman–Crippen LogP) is 4.20. The standard InChI is InChI=1S/C27H34N2O2/c1-20(30)22-9-7-21(8-10-22)11-14-29-15-12-27(13-16-29)18-24(19-31-27)28-26-17-25(26)23-5-3-2-4-6-23/h2-10,24-26,28H,11-19H2,1H3/t24?,25-,26+/m0/s1. The molecular weight excluding hydrogens is 384 g/mol. The Morgan fingerprint density at radius 3 is 2.55 bits per heavy atom. The van der Waals surface area contributed by atoms with Gasteiger partial charge < -0.3 is 15.0 Å². The number of likely N-dealkylation sites (tertiary alicyclic amines) is 1. The SMILES string of the molecule is CC(=O)c1ccc(CCN2CCC3(CC2)CC(N[C@@H]2C[C@H]2c2ccccc2)CO3)cc1. The number of Topliss-reactive ketones (excluding diaryl/α,β-unsaturated/α-hetero) is 1. The van der Waals surface area contributed by atoms with Gasteiger partial charge in [0.25, 0.3) is 0 Å². The predicted molar refractivity (Wildman–Crippen MR) is 124 cm³/mol. The van der Waals surface area contributed by atoms with E-state index in [1.54, 1.807) is 6.92 Å². The van der Waals surface area contributed by atoms with Gasteiger partial charge in [-0.05, 0) is 50.2 Å². The first-order valence-electron chi connectivity index (χ1n) is 11.9. The summed E-state index contributed by atoms with van der Waals surface area (Å²) in [6.45, 7) is 5.80. The number of carbonyl (C=O) groups excluding carboxylic acids is 1. The summed E-state index contributed by atoms with van der Waals surface area (Å²) in [4.78, 5) is 14.0. The molecule has 1 spiro atoms. The van der Waals surface area contributed by atoms with Gasteiger partial charge in [0.2, 0.25) is 0 Å². The van der Waals surface area contributed by atoms with Crippen molar-refractivity contribution in [2.75, 3.05) is 26.2 Å². The Labute approximate surface area is 186 Å². The molecule has 1 saturated carbocycles. The zero-order valence-corrected chi connectivity index (χ0v) is 18.6. The maximum atomic E-state index is 11.4. The third-order valence-electron chi connectivity index (χ3n) is 7.52. The van der Waals surface area contributed by atoms with E-state index in [1.807, 2.05) is 12.1 Å². The highest BCUT2D eigenvalue weighted by Crippen LogP contribution is 2.43. The van der Waals surface area contributed by atoms with Crippen LogP contribution < -0.4 is 5.32 Å². The summed E-state index contributed by atoms with van der Waals surface area (Å²) in [5.74, 6) is 0.818. The molecule has 3 fully saturated rings. The highest BCUT2D eigenvalue weighted by molar-refractivity contribution is 5.93. The monoisotopic (exact) mass is 418 g/mol. The van der Waals surface area contributed by atoms with Crippen LogP contribution in [0.3, 0.4) is 0 Å². The van der Waals surface area contributed by atoms with E-state index in [2.05, 4.69) is 52.7 Å². The molecule has 1 N–H and O–H groups in total. The summed E-state index contributed by atoms with van der Waals surface area (Å²) in [6.07, 6.45) is 5.74. The fourth-order valence-electron chi connectivity index (χ4n) is 5.43. The summed E-state index contributed by atoms with van der Waals surface area (Å²) in [5, 5.41) is 3.88. The summed E-state index contributed by atoms with van der Waals surface area (Å²) in [5.41, 5.74) is 3.67. The molecule has 1 unspecified atom stereocenters. The Kier molecular flexibility index (Phi) is 5.96. The molecule has 0 aromatic heterocycles. The fraction of sp³-hybridized carbons (Fsp3) is 0.519. The number of ketones is 1. The normalized spacial score (nSPS) is 27.5. The molecule has 2 aliphatic heterocycles. The number of carbonyl (C=O) groups is 1. The highest BCUT2D eigenvalue weighted by Gasteiger charge is 2.46. The molecule has 2 aromatic carbocycles. The van der Waals surface area contributed by atoms with E-state index in [-0.39, 0.29) is 11.4 Å². The first-order valence-corrected chi connectivity index (χ1v) is 11.9. The van der Waals surface area contributed by atoms with Gasteiger partial charge in [0.1, 0.15) is 0 Å². The number of ether oxygens (including phenoxy) is 1. The molecule has 164 valence electrons. The summed E-state index contributed by atoms with van der Waals surface area (Å²) in [7, 11) is 0. The lowest BCUT2D eigenvalue weighted by molar-refractivity contribution is -0.0432. The van der Waals surface area contributed by atoms with Crippen LogP contribution in [-0.4, -0.2) is 54.6 Å². The molecule has 31 heavy (non-hydrogen) atoms. The number of nitrogens with one attached hydrogen (secondary N) is 1. The van der Waals surface area contributed by atoms with E-state index in [0.717, 1.165) is 57.5 Å². The molecule has 0 amide bonds. The van der Waals surface area contributed by atoms with Crippen molar-refractivity contribution in [3.63, 3.8) is 0 Å². The molecule has 2 heterocycles. The van der Waals surface area contributed by atoms with Gasteiger partial charge in [-0.25, -0.2) is 0 Å². The van der Waals surface area contributed by atoms with Crippen molar-refractivity contribution in [2.45, 2.75) is 62.6 Å². The number of piperidine rings is 1. The van der Waals surface area contributed by atoms with Gasteiger partial charge in [0.05, 0.1) is 12.2 Å². The van der Waals surface area contributed by atoms with Crippen molar-refractivity contribution < 1.29 is 9.53 Å². The van der Waals surface area contributed by atoms with Gasteiger partial charge in [-0.2, -0.15) is 0 Å². The van der Waals surface area contributed by atoms with Crippen LogP contribution in [0.4, 0.5) is 0 Å². The van der Waals surface area contributed by atoms with Gasteiger partial charge in [-0.15, -0.1) is 0 Å². The fourth-order valence-corrected chi connectivity index (χ4v) is 5.43. The summed E-state index contributed by atoms with van der Waals surface area (Å²) >= 11 is 0. The molecule has 5 rings (SSSR count). The molecule has 4 nitrogen and oxygen atoms in total. The lowest BCUT2D eigenvalue weighted by Crippen LogP contribution is -2.45. The van der Waals surface area contributed by atoms with Gasteiger partial charge in [0, 0.05) is 43.2 Å². The number of benzene rings is 2. The summed E-state index contributed by atoms with van der Waals surface area (Å²) < 4.78 is 6.39. The van der Waals surface area contributed by atoms with Crippen LogP contribution in [0.2, 0.25) is 0 Å². The van der Waals surface area contributed by atoms with Crippen LogP contribution in [0.25, 0.3) is 0 Å². The van der Waals surface area contributed by atoms with E-state index in [9.17, 15) is 4.79 Å². The third-order valence-corrected chi connectivity index (χ3v) is 7.52. The van der Waals surface area contributed by atoms with Crippen LogP contribution in [0.5, 0.6) is 0 Å². The van der Waals surface area contributed by atoms with E-state index in [0.29, 0.717) is 18.0 Å². The Hall–Kier alpha value is -2.01. The maximum Gasteiger partial charge on any atom is 0.159 e. The molecule has 3 atom stereocenters. The molecular formula is C27H34N2O2. The lowest BCUT2D eigenvalue weighted by atomic mass is 9.87. The second-order valence-corrected chi connectivity index (χ2v) is 9.77. The number of rotatable bonds is 7. The Morgan fingerprint density at radius 2 is 1.84 bits per heavy atom. The lowest BCUT2D eigenvalue weighted by Gasteiger charge is -2.38. The minimum absolute atomic E-state index is 0.0917. The van der Waals surface area contributed by atoms with Crippen molar-refractivity contribution in [1.82, 2.24) is 10.2 Å². The van der Waals surface area contributed by atoms with Crippen molar-refractivity contribution in [3.8, 4) is 0 Å². The minimum atomic E-state index is 0.0917. The highest BCUT2D eigenvalue weighted by atomic mass is 16.5. The molecule has 3 aliphatic rings. The van der Waals surface area contributed by atoms with Crippen molar-refractivity contribution in [2.24, 2.45) is 0 Å². The van der Waals surface area contributed by atoms with Crippen LogP contribution in [-0.2, 0) is 11.2 Å². The Morgan fingerprint density at radius 1 is 1.10 bits per heavy atom. The first kappa shape index (κ1) is 20.9. The van der Waals surface area contributed by atoms with Crippen molar-refractivity contribution >= 4 is 5.78 Å². The second-order valence-electron chi connectivity index (χ2n) is 9.77. The molecule has 0 bridgehead atoms. The molecule has 1 aliphatic carbocycles. The van der Waals surface area contributed by atoms with E-state index in [1.165, 1.54) is 17.5 Å². The third kappa shape index (κ3) is 4.92. The minimum Gasteiger partial charge on any atom is -0.373 e. The maximum absolute atomic E-state index is 11.4. The number of hydrogen-bond donors (Lipinski definition) is 1. The molecule has 4 heteroatoms. The van der Waals surface area contributed by atoms with E-state index < -0.39 is 0 Å². The van der Waals surface area contributed by atoms with Gasteiger partial charge >= 0.3 is 0 Å². The van der Waals surface area contributed by atoms with Gasteiger partial charge in [-0.1, -0.05) is 54.6 Å². The van der Waals surface area contributed by atoms with Crippen molar-refractivity contribution in [3.05, 3.63) is 71.3 Å². The van der Waals surface area contributed by atoms with Gasteiger partial charge in [-0.3, -0.25) is 4.79 Å². The van der Waals surface area contributed by atoms with Gasteiger partial charge in [0.15, 0.2) is 5.78 Å². The Balaban J connectivity index is 1.05.